The van der Waals surface area contributed by atoms with E-state index in [2.05, 4.69) is 32.9 Å². The summed E-state index contributed by atoms with van der Waals surface area (Å²) in [4.78, 5) is 17.8. The molecule has 2 saturated carbocycles. The summed E-state index contributed by atoms with van der Waals surface area (Å²) in [6.07, 6.45) is 2.79. The normalized spacial score (nSPS) is 40.5. The quantitative estimate of drug-likeness (QED) is 0.779. The minimum Gasteiger partial charge on any atom is -0.454 e. The number of rotatable bonds is 2. The van der Waals surface area contributed by atoms with E-state index in [-0.39, 0.29) is 22.9 Å². The second kappa shape index (κ2) is 4.46. The average Bonchev–Trinajstić information content (AvgIpc) is 2.81. The van der Waals surface area contributed by atoms with E-state index < -0.39 is 5.54 Å². The second-order valence-corrected chi connectivity index (χ2v) is 8.46. The van der Waals surface area contributed by atoms with Gasteiger partial charge in [0, 0.05) is 17.8 Å². The van der Waals surface area contributed by atoms with Gasteiger partial charge in [-0.15, -0.1) is 0 Å². The van der Waals surface area contributed by atoms with Crippen molar-refractivity contribution in [3.05, 3.63) is 35.9 Å². The summed E-state index contributed by atoms with van der Waals surface area (Å²) >= 11 is 0. The van der Waals surface area contributed by atoms with E-state index in [0.717, 1.165) is 24.1 Å². The number of benzene rings is 1. The maximum absolute atomic E-state index is 12.7. The molecule has 4 atom stereocenters. The van der Waals surface area contributed by atoms with Gasteiger partial charge in [0.1, 0.15) is 6.10 Å². The Morgan fingerprint density at radius 2 is 1.87 bits per heavy atom. The Bertz CT molecular complexity index is 693. The van der Waals surface area contributed by atoms with Crippen molar-refractivity contribution in [2.24, 2.45) is 21.7 Å². The third-order valence-electron chi connectivity index (χ3n) is 6.94. The van der Waals surface area contributed by atoms with Crippen LogP contribution in [0.5, 0.6) is 0 Å². The van der Waals surface area contributed by atoms with E-state index in [1.54, 1.807) is 0 Å². The van der Waals surface area contributed by atoms with E-state index in [4.69, 9.17) is 9.73 Å². The van der Waals surface area contributed by atoms with Crippen LogP contribution >= 0.6 is 0 Å². The van der Waals surface area contributed by atoms with Crippen LogP contribution in [0.1, 0.15) is 46.1 Å². The zero-order valence-electron chi connectivity index (χ0n) is 14.4. The van der Waals surface area contributed by atoms with E-state index in [1.807, 2.05) is 25.1 Å². The highest BCUT2D eigenvalue weighted by molar-refractivity contribution is 6.04. The molecule has 1 aliphatic heterocycles. The number of esters is 1. The summed E-state index contributed by atoms with van der Waals surface area (Å²) in [7, 11) is 0. The molecule has 0 amide bonds. The molecule has 23 heavy (non-hydrogen) atoms. The molecule has 0 unspecified atom stereocenters. The van der Waals surface area contributed by atoms with E-state index >= 15 is 0 Å². The molecule has 1 heterocycles. The van der Waals surface area contributed by atoms with Crippen molar-refractivity contribution in [3.63, 3.8) is 0 Å². The molecule has 1 aromatic rings. The number of nitrogens with zero attached hydrogens (tertiary/aromatic N) is 1. The van der Waals surface area contributed by atoms with Gasteiger partial charge in [-0.25, -0.2) is 4.79 Å². The van der Waals surface area contributed by atoms with Crippen LogP contribution < -0.4 is 0 Å². The summed E-state index contributed by atoms with van der Waals surface area (Å²) in [5.41, 5.74) is 1.67. The Hall–Kier alpha value is -1.64. The summed E-state index contributed by atoms with van der Waals surface area (Å²) in [6.45, 7) is 8.86. The summed E-state index contributed by atoms with van der Waals surface area (Å²) in [6, 6.07) is 10.1. The first-order valence-corrected chi connectivity index (χ1v) is 8.63. The average molecular weight is 311 g/mol. The predicted molar refractivity (Wildman–Crippen MR) is 90.5 cm³/mol. The van der Waals surface area contributed by atoms with Crippen LogP contribution in [0.15, 0.2) is 35.3 Å². The third kappa shape index (κ3) is 1.82. The van der Waals surface area contributed by atoms with Crippen LogP contribution in [0.25, 0.3) is 0 Å². The fourth-order valence-electron chi connectivity index (χ4n) is 5.01. The lowest BCUT2D eigenvalue weighted by Gasteiger charge is -2.39. The third-order valence-corrected chi connectivity index (χ3v) is 6.94. The van der Waals surface area contributed by atoms with Crippen molar-refractivity contribution in [2.45, 2.75) is 58.6 Å². The molecule has 0 N–H and O–H groups in total. The topological polar surface area (TPSA) is 38.7 Å². The zero-order chi connectivity index (χ0) is 16.5. The van der Waals surface area contributed by atoms with Crippen LogP contribution in [0.4, 0.5) is 0 Å². The van der Waals surface area contributed by atoms with E-state index in [9.17, 15) is 4.79 Å². The lowest BCUT2D eigenvalue weighted by molar-refractivity contribution is -0.156. The highest BCUT2D eigenvalue weighted by atomic mass is 16.5. The van der Waals surface area contributed by atoms with Gasteiger partial charge >= 0.3 is 5.97 Å². The molecule has 0 aromatic heterocycles. The van der Waals surface area contributed by atoms with Crippen LogP contribution in [0.3, 0.4) is 0 Å². The molecule has 2 aliphatic carbocycles. The highest BCUT2D eigenvalue weighted by Crippen LogP contribution is 2.65. The minimum atomic E-state index is -0.795. The summed E-state index contributed by atoms with van der Waals surface area (Å²) in [5.74, 6) is 0.249. The number of carbonyl (C=O) groups is 1. The number of ether oxygens (including phenoxy) is 1. The predicted octanol–water partition coefficient (Wildman–Crippen LogP) is 3.81. The largest absolute Gasteiger partial charge is 0.454 e. The number of fused-ring (bicyclic) bond motifs is 5. The molecule has 3 nitrogen and oxygen atoms in total. The zero-order valence-corrected chi connectivity index (χ0v) is 14.4. The Kier molecular flexibility index (Phi) is 2.89. The van der Waals surface area contributed by atoms with Gasteiger partial charge in [-0.2, -0.15) is 0 Å². The molecule has 1 aromatic carbocycles. The molecular formula is C20H25NO2. The van der Waals surface area contributed by atoms with Gasteiger partial charge < -0.3 is 4.74 Å². The molecule has 122 valence electrons. The van der Waals surface area contributed by atoms with Crippen molar-refractivity contribution in [2.75, 3.05) is 0 Å². The van der Waals surface area contributed by atoms with Gasteiger partial charge in [0.05, 0.1) is 5.71 Å². The molecule has 2 bridgehead atoms. The molecule has 3 aliphatic rings. The minimum absolute atomic E-state index is 0.0565. The first-order chi connectivity index (χ1) is 10.8. The van der Waals surface area contributed by atoms with E-state index in [0.29, 0.717) is 12.3 Å². The maximum atomic E-state index is 12.7. The van der Waals surface area contributed by atoms with Gasteiger partial charge in [-0.1, -0.05) is 51.1 Å². The lowest BCUT2D eigenvalue weighted by Crippen LogP contribution is -2.51. The molecule has 0 saturated heterocycles. The SMILES string of the molecule is CC1(C)[C@@H]2CC[C@@]1(C)C1=N[C@](C)(Cc3ccccc3)C(=O)O[C@@H]12. The van der Waals surface area contributed by atoms with Crippen molar-refractivity contribution < 1.29 is 9.53 Å². The molecule has 0 radical (unpaired) electrons. The van der Waals surface area contributed by atoms with Crippen molar-refractivity contribution in [1.82, 2.24) is 0 Å². The van der Waals surface area contributed by atoms with Gasteiger partial charge in [-0.05, 0) is 30.7 Å². The van der Waals surface area contributed by atoms with Crippen molar-refractivity contribution >= 4 is 11.7 Å². The van der Waals surface area contributed by atoms with Crippen LogP contribution in [-0.2, 0) is 16.0 Å². The van der Waals surface area contributed by atoms with E-state index in [1.165, 1.54) is 0 Å². The standard InChI is InChI=1S/C20H25NO2/c1-18(2)14-10-11-19(18,3)16-15(14)23-17(22)20(4,21-16)12-13-8-6-5-7-9-13/h5-9,14-15H,10-12H2,1-4H3/t14-,15-,19+,20-/m1/s1. The molecule has 3 heteroatoms. The maximum Gasteiger partial charge on any atom is 0.334 e. The Labute approximate surface area is 138 Å². The molecule has 0 spiro atoms. The smallest absolute Gasteiger partial charge is 0.334 e. The van der Waals surface area contributed by atoms with Crippen LogP contribution in [0, 0.1) is 16.7 Å². The molecular weight excluding hydrogens is 286 g/mol. The fraction of sp³-hybridized carbons (Fsp3) is 0.600. The van der Waals surface area contributed by atoms with Crippen molar-refractivity contribution in [3.8, 4) is 0 Å². The first kappa shape index (κ1) is 14.9. The number of hydrogen-bond acceptors (Lipinski definition) is 3. The molecule has 4 rings (SSSR count). The van der Waals surface area contributed by atoms with Gasteiger partial charge in [0.15, 0.2) is 5.54 Å². The first-order valence-electron chi connectivity index (χ1n) is 8.63. The number of hydrogen-bond donors (Lipinski definition) is 0. The Morgan fingerprint density at radius 3 is 2.57 bits per heavy atom. The summed E-state index contributed by atoms with van der Waals surface area (Å²) in [5, 5.41) is 0. The Balaban J connectivity index is 1.76. The summed E-state index contributed by atoms with van der Waals surface area (Å²) < 4.78 is 5.96. The van der Waals surface area contributed by atoms with Gasteiger partial charge in [0.25, 0.3) is 0 Å². The van der Waals surface area contributed by atoms with Crippen LogP contribution in [0.2, 0.25) is 0 Å². The lowest BCUT2D eigenvalue weighted by atomic mass is 9.70. The van der Waals surface area contributed by atoms with Gasteiger partial charge in [-0.3, -0.25) is 4.99 Å². The molecule has 2 fully saturated rings. The number of carbonyl (C=O) groups excluding carboxylic acids is 1. The van der Waals surface area contributed by atoms with Crippen molar-refractivity contribution in [1.29, 1.82) is 0 Å². The fourth-order valence-corrected chi connectivity index (χ4v) is 5.01. The second-order valence-electron chi connectivity index (χ2n) is 8.46. The Morgan fingerprint density at radius 1 is 1.17 bits per heavy atom. The van der Waals surface area contributed by atoms with Crippen LogP contribution in [-0.4, -0.2) is 23.3 Å². The van der Waals surface area contributed by atoms with Gasteiger partial charge in [0.2, 0.25) is 0 Å². The number of aliphatic imine (C=N–C) groups is 1. The monoisotopic (exact) mass is 311 g/mol. The highest BCUT2D eigenvalue weighted by Gasteiger charge is 2.68.